The quantitative estimate of drug-likeness (QED) is 0.711. The molecule has 0 bridgehead atoms. The summed E-state index contributed by atoms with van der Waals surface area (Å²) in [7, 11) is -2.52. The zero-order chi connectivity index (χ0) is 18.7. The third-order valence-electron chi connectivity index (χ3n) is 3.45. The summed E-state index contributed by atoms with van der Waals surface area (Å²) in [5.74, 6) is -0.172. The van der Waals surface area contributed by atoms with Crippen molar-refractivity contribution in [3.63, 3.8) is 0 Å². The van der Waals surface area contributed by atoms with Gasteiger partial charge in [0.15, 0.2) is 0 Å². The fourth-order valence-corrected chi connectivity index (χ4v) is 3.30. The number of hydrogen-bond donors (Lipinski definition) is 2. The van der Waals surface area contributed by atoms with Crippen LogP contribution < -0.4 is 14.8 Å². The van der Waals surface area contributed by atoms with Crippen LogP contribution in [0.5, 0.6) is 5.88 Å². The molecule has 0 saturated heterocycles. The van der Waals surface area contributed by atoms with Gasteiger partial charge in [0.2, 0.25) is 11.7 Å². The van der Waals surface area contributed by atoms with Crippen molar-refractivity contribution in [3.8, 4) is 5.88 Å². The summed E-state index contributed by atoms with van der Waals surface area (Å²) in [5.41, 5.74) is 1.62. The van der Waals surface area contributed by atoms with Gasteiger partial charge in [0, 0.05) is 12.6 Å². The second-order valence-electron chi connectivity index (χ2n) is 5.38. The van der Waals surface area contributed by atoms with Crippen LogP contribution in [0.15, 0.2) is 53.4 Å². The van der Waals surface area contributed by atoms with Gasteiger partial charge in [-0.1, -0.05) is 12.1 Å². The van der Waals surface area contributed by atoms with Crippen molar-refractivity contribution >= 4 is 38.5 Å². The molecule has 3 rings (SSSR count). The van der Waals surface area contributed by atoms with Crippen LogP contribution in [0.4, 0.5) is 11.5 Å². The van der Waals surface area contributed by atoms with Crippen molar-refractivity contribution in [2.45, 2.75) is 11.8 Å². The van der Waals surface area contributed by atoms with Crippen LogP contribution in [-0.4, -0.2) is 31.4 Å². The van der Waals surface area contributed by atoms with Crippen LogP contribution in [-0.2, 0) is 14.8 Å². The average Bonchev–Trinajstić information content (AvgIpc) is 2.60. The van der Waals surface area contributed by atoms with Gasteiger partial charge in [0.1, 0.15) is 0 Å². The lowest BCUT2D eigenvalue weighted by atomic mass is 10.3. The van der Waals surface area contributed by atoms with Crippen LogP contribution in [0.2, 0.25) is 0 Å². The highest BCUT2D eigenvalue weighted by molar-refractivity contribution is 7.92. The van der Waals surface area contributed by atoms with Gasteiger partial charge in [-0.25, -0.2) is 18.4 Å². The van der Waals surface area contributed by atoms with Gasteiger partial charge in [-0.05, 0) is 36.4 Å². The Morgan fingerprint density at radius 1 is 1.00 bits per heavy atom. The van der Waals surface area contributed by atoms with Gasteiger partial charge in [-0.3, -0.25) is 9.52 Å². The van der Waals surface area contributed by atoms with E-state index in [1.807, 2.05) is 0 Å². The van der Waals surface area contributed by atoms with Crippen LogP contribution in [0, 0.1) is 0 Å². The summed E-state index contributed by atoms with van der Waals surface area (Å²) >= 11 is 0. The second-order valence-corrected chi connectivity index (χ2v) is 7.06. The Labute approximate surface area is 150 Å². The van der Waals surface area contributed by atoms with Gasteiger partial charge in [-0.15, -0.1) is 0 Å². The zero-order valence-corrected chi connectivity index (χ0v) is 14.9. The van der Waals surface area contributed by atoms with E-state index < -0.39 is 10.0 Å². The Balaban J connectivity index is 1.94. The first-order valence-electron chi connectivity index (χ1n) is 7.60. The summed E-state index contributed by atoms with van der Waals surface area (Å²) in [6.45, 7) is 1.37. The Bertz CT molecular complexity index is 1070. The van der Waals surface area contributed by atoms with Gasteiger partial charge in [0.25, 0.3) is 15.9 Å². The number of nitrogens with zero attached hydrogens (tertiary/aromatic N) is 2. The number of methoxy groups -OCH3 is 1. The SMILES string of the molecule is COc1nc2ccccc2nc1NS(=O)(=O)c1ccc(NC(C)=O)cc1. The van der Waals surface area contributed by atoms with Crippen LogP contribution >= 0.6 is 0 Å². The third-order valence-corrected chi connectivity index (χ3v) is 4.80. The molecule has 2 aromatic carbocycles. The molecule has 9 heteroatoms. The molecule has 0 radical (unpaired) electrons. The molecular formula is C17H16N4O4S. The Kier molecular flexibility index (Phi) is 4.72. The summed E-state index contributed by atoms with van der Waals surface area (Å²) in [5, 5.41) is 2.57. The first-order chi connectivity index (χ1) is 12.4. The maximum Gasteiger partial charge on any atom is 0.263 e. The van der Waals surface area contributed by atoms with E-state index in [0.717, 1.165) is 0 Å². The number of amides is 1. The number of ether oxygens (including phenoxy) is 1. The average molecular weight is 372 g/mol. The molecule has 3 aromatic rings. The van der Waals surface area contributed by atoms with E-state index in [1.54, 1.807) is 24.3 Å². The molecule has 0 aliphatic heterocycles. The Hall–Kier alpha value is -3.20. The number of rotatable bonds is 5. The van der Waals surface area contributed by atoms with Crippen LogP contribution in [0.25, 0.3) is 11.0 Å². The minimum Gasteiger partial charge on any atom is -0.478 e. The standard InChI is InChI=1S/C17H16N4O4S/c1-11(22)18-12-7-9-13(10-8-12)26(23,24)21-16-17(25-2)20-15-6-4-3-5-14(15)19-16/h3-10H,1-2H3,(H,18,22)(H,19,21). The molecule has 0 saturated carbocycles. The van der Waals surface area contributed by atoms with Gasteiger partial charge in [-0.2, -0.15) is 0 Å². The first kappa shape index (κ1) is 17.6. The Morgan fingerprint density at radius 2 is 1.62 bits per heavy atom. The van der Waals surface area contributed by atoms with E-state index in [4.69, 9.17) is 4.74 Å². The molecule has 26 heavy (non-hydrogen) atoms. The number of carbonyl (C=O) groups is 1. The summed E-state index contributed by atoms with van der Waals surface area (Å²) in [4.78, 5) is 19.6. The van der Waals surface area contributed by atoms with Crippen molar-refractivity contribution in [2.24, 2.45) is 0 Å². The van der Waals surface area contributed by atoms with Crippen molar-refractivity contribution in [2.75, 3.05) is 17.1 Å². The minimum absolute atomic E-state index is 0.00265. The molecule has 0 aliphatic carbocycles. The number of carbonyl (C=O) groups excluding carboxylic acids is 1. The summed E-state index contributed by atoms with van der Waals surface area (Å²) in [6.07, 6.45) is 0. The number of nitrogens with one attached hydrogen (secondary N) is 2. The molecule has 0 fully saturated rings. The highest BCUT2D eigenvalue weighted by atomic mass is 32.2. The molecular weight excluding hydrogens is 356 g/mol. The molecule has 2 N–H and O–H groups in total. The molecule has 134 valence electrons. The van der Waals surface area contributed by atoms with E-state index in [1.165, 1.54) is 38.3 Å². The highest BCUT2D eigenvalue weighted by Crippen LogP contribution is 2.26. The van der Waals surface area contributed by atoms with Gasteiger partial charge in [0.05, 0.1) is 23.0 Å². The lowest BCUT2D eigenvalue weighted by Crippen LogP contribution is -2.15. The number of fused-ring (bicyclic) bond motifs is 1. The number of hydrogen-bond acceptors (Lipinski definition) is 6. The molecule has 1 amide bonds. The molecule has 0 unspecified atom stereocenters. The van der Waals surface area contributed by atoms with Gasteiger partial charge >= 0.3 is 0 Å². The van der Waals surface area contributed by atoms with E-state index in [-0.39, 0.29) is 22.5 Å². The molecule has 0 spiro atoms. The smallest absolute Gasteiger partial charge is 0.263 e. The lowest BCUT2D eigenvalue weighted by molar-refractivity contribution is -0.114. The first-order valence-corrected chi connectivity index (χ1v) is 9.08. The molecule has 1 aromatic heterocycles. The fraction of sp³-hybridized carbons (Fsp3) is 0.118. The van der Waals surface area contributed by atoms with Crippen LogP contribution in [0.1, 0.15) is 6.92 Å². The minimum atomic E-state index is -3.91. The Morgan fingerprint density at radius 3 is 2.19 bits per heavy atom. The summed E-state index contributed by atoms with van der Waals surface area (Å²) in [6, 6.07) is 12.8. The maximum absolute atomic E-state index is 12.6. The maximum atomic E-state index is 12.6. The predicted molar refractivity (Wildman–Crippen MR) is 97.6 cm³/mol. The molecule has 1 heterocycles. The lowest BCUT2D eigenvalue weighted by Gasteiger charge is -2.11. The van der Waals surface area contributed by atoms with Crippen molar-refractivity contribution < 1.29 is 17.9 Å². The number of benzene rings is 2. The summed E-state index contributed by atoms with van der Waals surface area (Å²) < 4.78 is 32.8. The second kappa shape index (κ2) is 6.96. The number of sulfonamides is 1. The highest BCUT2D eigenvalue weighted by Gasteiger charge is 2.19. The number of anilines is 2. The van der Waals surface area contributed by atoms with Crippen LogP contribution in [0.3, 0.4) is 0 Å². The van der Waals surface area contributed by atoms with E-state index in [0.29, 0.717) is 16.7 Å². The zero-order valence-electron chi connectivity index (χ0n) is 14.1. The van der Waals surface area contributed by atoms with Gasteiger partial charge < -0.3 is 10.1 Å². The molecule has 0 atom stereocenters. The molecule has 8 nitrogen and oxygen atoms in total. The fourth-order valence-electron chi connectivity index (χ4n) is 2.30. The van der Waals surface area contributed by atoms with E-state index >= 15 is 0 Å². The largest absolute Gasteiger partial charge is 0.478 e. The van der Waals surface area contributed by atoms with E-state index in [2.05, 4.69) is 20.0 Å². The van der Waals surface area contributed by atoms with Crippen molar-refractivity contribution in [3.05, 3.63) is 48.5 Å². The predicted octanol–water partition coefficient (Wildman–Crippen LogP) is 2.40. The monoisotopic (exact) mass is 372 g/mol. The third kappa shape index (κ3) is 3.72. The van der Waals surface area contributed by atoms with E-state index in [9.17, 15) is 13.2 Å². The normalized spacial score (nSPS) is 11.2. The topological polar surface area (TPSA) is 110 Å². The molecule has 0 aliphatic rings. The number of para-hydroxylation sites is 2. The number of aromatic nitrogens is 2. The van der Waals surface area contributed by atoms with Crippen molar-refractivity contribution in [1.29, 1.82) is 0 Å². The van der Waals surface area contributed by atoms with Crippen molar-refractivity contribution in [1.82, 2.24) is 9.97 Å².